The maximum absolute atomic E-state index is 12.6. The second-order valence-electron chi connectivity index (χ2n) is 6.30. The molecule has 3 heteroatoms. The van der Waals surface area contributed by atoms with Crippen LogP contribution in [0.1, 0.15) is 49.7 Å². The minimum absolute atomic E-state index is 0.190. The molecule has 0 heterocycles. The molecule has 1 atom stereocenters. The van der Waals surface area contributed by atoms with Crippen LogP contribution in [-0.4, -0.2) is 19.6 Å². The van der Waals surface area contributed by atoms with E-state index in [2.05, 4.69) is 0 Å². The Balaban J connectivity index is 2.37. The van der Waals surface area contributed by atoms with Crippen molar-refractivity contribution in [2.75, 3.05) is 13.7 Å². The number of methoxy groups -OCH3 is 1. The molecule has 1 unspecified atom stereocenters. The van der Waals surface area contributed by atoms with Crippen LogP contribution >= 0.6 is 0 Å². The molecule has 2 rings (SSSR count). The molecule has 0 bridgehead atoms. The molecule has 116 valence electrons. The van der Waals surface area contributed by atoms with Crippen LogP contribution in [0.15, 0.2) is 24.3 Å². The fraction of sp³-hybridized carbons (Fsp3) is 0.611. The van der Waals surface area contributed by atoms with Crippen molar-refractivity contribution >= 4 is 5.97 Å². The normalized spacial score (nSPS) is 19.0. The van der Waals surface area contributed by atoms with Crippen LogP contribution in [-0.2, 0) is 14.9 Å². The van der Waals surface area contributed by atoms with E-state index in [4.69, 9.17) is 10.5 Å². The van der Waals surface area contributed by atoms with Crippen molar-refractivity contribution in [2.45, 2.75) is 50.9 Å². The third-order valence-electron chi connectivity index (χ3n) is 4.95. The van der Waals surface area contributed by atoms with E-state index in [1.165, 1.54) is 39.2 Å². The summed E-state index contributed by atoms with van der Waals surface area (Å²) in [6.45, 7) is 2.35. The van der Waals surface area contributed by atoms with Crippen molar-refractivity contribution in [3.8, 4) is 0 Å². The third-order valence-corrected chi connectivity index (χ3v) is 4.95. The molecule has 1 aliphatic rings. The molecule has 0 aromatic heterocycles. The van der Waals surface area contributed by atoms with Crippen molar-refractivity contribution < 1.29 is 9.53 Å². The van der Waals surface area contributed by atoms with Gasteiger partial charge in [-0.3, -0.25) is 4.79 Å². The number of carbonyl (C=O) groups is 1. The summed E-state index contributed by atoms with van der Waals surface area (Å²) in [5.41, 5.74) is 7.56. The zero-order valence-corrected chi connectivity index (χ0v) is 13.2. The number of hydrogen-bond acceptors (Lipinski definition) is 3. The maximum atomic E-state index is 12.6. The quantitative estimate of drug-likeness (QED) is 0.846. The second kappa shape index (κ2) is 7.08. The lowest BCUT2D eigenvalue weighted by molar-refractivity contribution is -0.148. The molecule has 3 nitrogen and oxygen atoms in total. The lowest BCUT2D eigenvalue weighted by Crippen LogP contribution is -2.46. The molecule has 1 saturated carbocycles. The van der Waals surface area contributed by atoms with Gasteiger partial charge in [0.25, 0.3) is 0 Å². The van der Waals surface area contributed by atoms with Gasteiger partial charge in [-0.15, -0.1) is 0 Å². The van der Waals surface area contributed by atoms with E-state index in [0.717, 1.165) is 17.5 Å². The van der Waals surface area contributed by atoms with Gasteiger partial charge in [0, 0.05) is 6.54 Å². The van der Waals surface area contributed by atoms with E-state index in [-0.39, 0.29) is 5.97 Å². The van der Waals surface area contributed by atoms with Crippen LogP contribution in [0.2, 0.25) is 0 Å². The Hall–Kier alpha value is -1.35. The SMILES string of the molecule is COC(=O)C(CN)(CC1CCCCC1)c1ccccc1C. The molecule has 1 aromatic rings. The Labute approximate surface area is 127 Å². The molecule has 0 spiro atoms. The molecule has 1 fully saturated rings. The molecule has 2 N–H and O–H groups in total. The minimum atomic E-state index is -0.692. The predicted octanol–water partition coefficient (Wildman–Crippen LogP) is 3.33. The van der Waals surface area contributed by atoms with Gasteiger partial charge in [-0.1, -0.05) is 56.4 Å². The van der Waals surface area contributed by atoms with E-state index >= 15 is 0 Å². The van der Waals surface area contributed by atoms with Gasteiger partial charge in [-0.25, -0.2) is 0 Å². The number of hydrogen-bond donors (Lipinski definition) is 1. The predicted molar refractivity (Wildman–Crippen MR) is 85.1 cm³/mol. The molecule has 1 aromatic carbocycles. The summed E-state index contributed by atoms with van der Waals surface area (Å²) < 4.78 is 5.14. The first-order chi connectivity index (χ1) is 10.1. The summed E-state index contributed by atoms with van der Waals surface area (Å²) >= 11 is 0. The molecule has 1 aliphatic carbocycles. The van der Waals surface area contributed by atoms with Crippen LogP contribution in [0, 0.1) is 12.8 Å². The summed E-state index contributed by atoms with van der Waals surface area (Å²) in [6, 6.07) is 8.06. The molecule has 21 heavy (non-hydrogen) atoms. The Morgan fingerprint density at radius 2 is 1.95 bits per heavy atom. The molecular weight excluding hydrogens is 262 g/mol. The summed E-state index contributed by atoms with van der Waals surface area (Å²) in [4.78, 5) is 12.6. The number of esters is 1. The summed E-state index contributed by atoms with van der Waals surface area (Å²) in [5, 5.41) is 0. The van der Waals surface area contributed by atoms with Crippen LogP contribution in [0.5, 0.6) is 0 Å². The number of nitrogens with two attached hydrogens (primary N) is 1. The number of benzene rings is 1. The van der Waals surface area contributed by atoms with Gasteiger partial charge in [-0.2, -0.15) is 0 Å². The molecule has 0 amide bonds. The lowest BCUT2D eigenvalue weighted by atomic mass is 9.69. The summed E-state index contributed by atoms with van der Waals surface area (Å²) in [5.74, 6) is 0.380. The second-order valence-corrected chi connectivity index (χ2v) is 6.30. The van der Waals surface area contributed by atoms with E-state index in [9.17, 15) is 4.79 Å². The zero-order valence-electron chi connectivity index (χ0n) is 13.2. The van der Waals surface area contributed by atoms with E-state index in [1.807, 2.05) is 31.2 Å². The average molecular weight is 289 g/mol. The first-order valence-corrected chi connectivity index (χ1v) is 7.98. The number of rotatable bonds is 5. The summed E-state index contributed by atoms with van der Waals surface area (Å²) in [7, 11) is 1.46. The number of carbonyl (C=O) groups excluding carboxylic acids is 1. The van der Waals surface area contributed by atoms with Gasteiger partial charge < -0.3 is 10.5 Å². The fourth-order valence-corrected chi connectivity index (χ4v) is 3.77. The Kier molecular flexibility index (Phi) is 5.40. The van der Waals surface area contributed by atoms with Gasteiger partial charge in [0.1, 0.15) is 5.41 Å². The monoisotopic (exact) mass is 289 g/mol. The molecular formula is C18H27NO2. The first-order valence-electron chi connectivity index (χ1n) is 7.98. The highest BCUT2D eigenvalue weighted by molar-refractivity contribution is 5.84. The average Bonchev–Trinajstić information content (AvgIpc) is 2.53. The Morgan fingerprint density at radius 1 is 1.29 bits per heavy atom. The molecule has 0 aliphatic heterocycles. The van der Waals surface area contributed by atoms with Crippen LogP contribution in [0.25, 0.3) is 0 Å². The highest BCUT2D eigenvalue weighted by Crippen LogP contribution is 2.38. The Morgan fingerprint density at radius 3 is 2.52 bits per heavy atom. The van der Waals surface area contributed by atoms with E-state index in [0.29, 0.717) is 12.5 Å². The largest absolute Gasteiger partial charge is 0.468 e. The highest BCUT2D eigenvalue weighted by Gasteiger charge is 2.43. The van der Waals surface area contributed by atoms with Crippen LogP contribution < -0.4 is 5.73 Å². The number of ether oxygens (including phenoxy) is 1. The third kappa shape index (κ3) is 3.29. The van der Waals surface area contributed by atoms with E-state index < -0.39 is 5.41 Å². The van der Waals surface area contributed by atoms with Crippen molar-refractivity contribution in [1.29, 1.82) is 0 Å². The molecule has 0 saturated heterocycles. The van der Waals surface area contributed by atoms with Gasteiger partial charge in [0.05, 0.1) is 7.11 Å². The van der Waals surface area contributed by atoms with Crippen molar-refractivity contribution in [1.82, 2.24) is 0 Å². The van der Waals surface area contributed by atoms with Crippen LogP contribution in [0.3, 0.4) is 0 Å². The zero-order chi connectivity index (χ0) is 15.3. The lowest BCUT2D eigenvalue weighted by Gasteiger charge is -2.36. The topological polar surface area (TPSA) is 52.3 Å². The molecule has 0 radical (unpaired) electrons. The van der Waals surface area contributed by atoms with Crippen LogP contribution in [0.4, 0.5) is 0 Å². The maximum Gasteiger partial charge on any atom is 0.317 e. The summed E-state index contributed by atoms with van der Waals surface area (Å²) in [6.07, 6.45) is 7.05. The van der Waals surface area contributed by atoms with Gasteiger partial charge in [0.2, 0.25) is 0 Å². The van der Waals surface area contributed by atoms with Crippen molar-refractivity contribution in [2.24, 2.45) is 11.7 Å². The smallest absolute Gasteiger partial charge is 0.317 e. The fourth-order valence-electron chi connectivity index (χ4n) is 3.77. The van der Waals surface area contributed by atoms with Gasteiger partial charge in [-0.05, 0) is 30.4 Å². The minimum Gasteiger partial charge on any atom is -0.468 e. The van der Waals surface area contributed by atoms with E-state index in [1.54, 1.807) is 0 Å². The van der Waals surface area contributed by atoms with Crippen molar-refractivity contribution in [3.63, 3.8) is 0 Å². The first kappa shape index (κ1) is 16.0. The Bertz CT molecular complexity index is 480. The van der Waals surface area contributed by atoms with Crippen molar-refractivity contribution in [3.05, 3.63) is 35.4 Å². The standard InChI is InChI=1S/C18H27NO2/c1-14-8-6-7-11-16(14)18(13-19,17(20)21-2)12-15-9-4-3-5-10-15/h6-8,11,15H,3-5,9-10,12-13,19H2,1-2H3. The number of aryl methyl sites for hydroxylation is 1. The highest BCUT2D eigenvalue weighted by atomic mass is 16.5. The van der Waals surface area contributed by atoms with Gasteiger partial charge >= 0.3 is 5.97 Å². The van der Waals surface area contributed by atoms with Gasteiger partial charge in [0.15, 0.2) is 0 Å².